The first-order chi connectivity index (χ1) is 15.7. The molecule has 1 fully saturated rings. The topological polar surface area (TPSA) is 134 Å². The van der Waals surface area contributed by atoms with E-state index in [-0.39, 0.29) is 18.5 Å². The maximum atomic E-state index is 12.3. The van der Waals surface area contributed by atoms with Crippen LogP contribution < -0.4 is 16.3 Å². The summed E-state index contributed by atoms with van der Waals surface area (Å²) >= 11 is 5.75. The largest absolute Gasteiger partial charge is 0.455 e. The van der Waals surface area contributed by atoms with Gasteiger partial charge in [-0.15, -0.1) is 0 Å². The SMILES string of the molecule is Cc1cccc(C(=O)NN2C[C@@H](C(=O)OCC(=O)NNC(=O)c3ccc(Cl)cc3)CC2=O)c1. The first-order valence-corrected chi connectivity index (χ1v) is 10.3. The van der Waals surface area contributed by atoms with Crippen molar-refractivity contribution in [3.63, 3.8) is 0 Å². The van der Waals surface area contributed by atoms with Crippen molar-refractivity contribution in [2.45, 2.75) is 13.3 Å². The molecule has 2 aromatic carbocycles. The summed E-state index contributed by atoms with van der Waals surface area (Å²) in [5.74, 6) is -3.87. The minimum atomic E-state index is -0.841. The van der Waals surface area contributed by atoms with E-state index in [1.54, 1.807) is 18.2 Å². The second-order valence-electron chi connectivity index (χ2n) is 7.33. The highest BCUT2D eigenvalue weighted by Gasteiger charge is 2.36. The molecule has 172 valence electrons. The van der Waals surface area contributed by atoms with Gasteiger partial charge in [0.2, 0.25) is 5.91 Å². The van der Waals surface area contributed by atoms with E-state index >= 15 is 0 Å². The lowest BCUT2D eigenvalue weighted by molar-refractivity contribution is -0.152. The van der Waals surface area contributed by atoms with Crippen molar-refractivity contribution in [3.8, 4) is 0 Å². The van der Waals surface area contributed by atoms with Crippen LogP contribution >= 0.6 is 11.6 Å². The monoisotopic (exact) mass is 472 g/mol. The number of benzene rings is 2. The summed E-state index contributed by atoms with van der Waals surface area (Å²) in [6.45, 7) is 1.10. The molecule has 1 aliphatic heterocycles. The lowest BCUT2D eigenvalue weighted by Gasteiger charge is -2.17. The highest BCUT2D eigenvalue weighted by Crippen LogP contribution is 2.18. The van der Waals surface area contributed by atoms with Crippen LogP contribution in [0.3, 0.4) is 0 Å². The van der Waals surface area contributed by atoms with Crippen LogP contribution in [0.1, 0.15) is 32.7 Å². The van der Waals surface area contributed by atoms with Gasteiger partial charge in [0.1, 0.15) is 0 Å². The zero-order valence-electron chi connectivity index (χ0n) is 17.6. The summed E-state index contributed by atoms with van der Waals surface area (Å²) in [6, 6.07) is 12.8. The molecule has 1 atom stereocenters. The Balaban J connectivity index is 1.42. The number of nitrogens with one attached hydrogen (secondary N) is 3. The fourth-order valence-electron chi connectivity index (χ4n) is 3.04. The summed E-state index contributed by atoms with van der Waals surface area (Å²) < 4.78 is 4.93. The maximum Gasteiger partial charge on any atom is 0.311 e. The molecule has 1 saturated heterocycles. The van der Waals surface area contributed by atoms with Crippen LogP contribution in [0.2, 0.25) is 5.02 Å². The predicted octanol–water partition coefficient (Wildman–Crippen LogP) is 1.15. The molecular weight excluding hydrogens is 452 g/mol. The number of halogens is 1. The van der Waals surface area contributed by atoms with Gasteiger partial charge in [-0.2, -0.15) is 0 Å². The quantitative estimate of drug-likeness (QED) is 0.426. The van der Waals surface area contributed by atoms with Crippen LogP contribution in [0.25, 0.3) is 0 Å². The van der Waals surface area contributed by atoms with Gasteiger partial charge in [0.25, 0.3) is 17.7 Å². The van der Waals surface area contributed by atoms with Crippen molar-refractivity contribution in [2.24, 2.45) is 5.92 Å². The fraction of sp³-hybridized carbons (Fsp3) is 0.227. The number of hydrazine groups is 2. The highest BCUT2D eigenvalue weighted by atomic mass is 35.5. The van der Waals surface area contributed by atoms with Gasteiger partial charge in [0, 0.05) is 22.6 Å². The molecule has 0 saturated carbocycles. The molecule has 3 N–H and O–H groups in total. The van der Waals surface area contributed by atoms with E-state index in [1.807, 2.05) is 13.0 Å². The number of nitrogens with zero attached hydrogens (tertiary/aromatic N) is 1. The van der Waals surface area contributed by atoms with E-state index in [0.717, 1.165) is 10.6 Å². The van der Waals surface area contributed by atoms with Gasteiger partial charge in [-0.1, -0.05) is 29.3 Å². The Morgan fingerprint density at radius 2 is 1.76 bits per heavy atom. The predicted molar refractivity (Wildman–Crippen MR) is 116 cm³/mol. The van der Waals surface area contributed by atoms with Crippen LogP contribution in [-0.4, -0.2) is 47.8 Å². The summed E-state index contributed by atoms with van der Waals surface area (Å²) in [4.78, 5) is 60.5. The minimum Gasteiger partial charge on any atom is -0.455 e. The second kappa shape index (κ2) is 10.6. The average Bonchev–Trinajstić information content (AvgIpc) is 3.16. The molecule has 0 bridgehead atoms. The summed E-state index contributed by atoms with van der Waals surface area (Å²) in [5.41, 5.74) is 8.33. The molecule has 0 radical (unpaired) electrons. The third-order valence-corrected chi connectivity index (χ3v) is 4.99. The number of hydrogen-bond acceptors (Lipinski definition) is 6. The van der Waals surface area contributed by atoms with E-state index in [4.69, 9.17) is 16.3 Å². The van der Waals surface area contributed by atoms with E-state index < -0.39 is 42.1 Å². The van der Waals surface area contributed by atoms with Crippen molar-refractivity contribution in [2.75, 3.05) is 13.2 Å². The molecule has 10 nitrogen and oxygen atoms in total. The number of esters is 1. The third kappa shape index (κ3) is 6.53. The van der Waals surface area contributed by atoms with Gasteiger partial charge in [-0.25, -0.2) is 0 Å². The number of rotatable bonds is 6. The fourth-order valence-corrected chi connectivity index (χ4v) is 3.16. The molecule has 0 unspecified atom stereocenters. The third-order valence-electron chi connectivity index (χ3n) is 4.74. The Morgan fingerprint density at radius 3 is 2.45 bits per heavy atom. The van der Waals surface area contributed by atoms with Crippen molar-refractivity contribution >= 4 is 41.2 Å². The number of hydrogen-bond donors (Lipinski definition) is 3. The van der Waals surface area contributed by atoms with Crippen molar-refractivity contribution < 1.29 is 28.7 Å². The molecule has 1 heterocycles. The van der Waals surface area contributed by atoms with Gasteiger partial charge in [0.15, 0.2) is 6.61 Å². The molecule has 33 heavy (non-hydrogen) atoms. The van der Waals surface area contributed by atoms with Crippen LogP contribution in [0.4, 0.5) is 0 Å². The van der Waals surface area contributed by atoms with Crippen molar-refractivity contribution in [3.05, 3.63) is 70.2 Å². The Bertz CT molecular complexity index is 1090. The standard InChI is InChI=1S/C22H21ClN4O6/c1-13-3-2-4-15(9-13)21(31)26-27-11-16(10-19(27)29)22(32)33-12-18(28)24-25-20(30)14-5-7-17(23)8-6-14/h2-9,16H,10-12H2,1H3,(H,24,28)(H,25,30)(H,26,31)/t16-/m0/s1. The van der Waals surface area contributed by atoms with E-state index in [2.05, 4.69) is 16.3 Å². The normalized spacial score (nSPS) is 15.0. The lowest BCUT2D eigenvalue weighted by atomic mass is 10.1. The zero-order chi connectivity index (χ0) is 24.0. The molecule has 11 heteroatoms. The summed E-state index contributed by atoms with van der Waals surface area (Å²) in [6.07, 6.45) is -0.165. The molecule has 2 aromatic rings. The van der Waals surface area contributed by atoms with Crippen molar-refractivity contribution in [1.29, 1.82) is 0 Å². The van der Waals surface area contributed by atoms with Crippen LogP contribution in [0.15, 0.2) is 48.5 Å². The molecule has 1 aliphatic rings. The first-order valence-electron chi connectivity index (χ1n) is 9.92. The number of carbonyl (C=O) groups excluding carboxylic acids is 5. The second-order valence-corrected chi connectivity index (χ2v) is 7.77. The molecule has 0 aromatic heterocycles. The van der Waals surface area contributed by atoms with Crippen LogP contribution in [0, 0.1) is 12.8 Å². The average molecular weight is 473 g/mol. The minimum absolute atomic E-state index is 0.0792. The Morgan fingerprint density at radius 1 is 1.03 bits per heavy atom. The van der Waals surface area contributed by atoms with E-state index in [9.17, 15) is 24.0 Å². The van der Waals surface area contributed by atoms with Gasteiger partial charge < -0.3 is 4.74 Å². The number of aryl methyl sites for hydroxylation is 1. The molecule has 4 amide bonds. The summed E-state index contributed by atoms with van der Waals surface area (Å²) in [5, 5.41) is 1.52. The molecule has 0 aliphatic carbocycles. The van der Waals surface area contributed by atoms with Gasteiger partial charge in [-0.05, 0) is 43.3 Å². The smallest absolute Gasteiger partial charge is 0.311 e. The Hall–Kier alpha value is -3.92. The zero-order valence-corrected chi connectivity index (χ0v) is 18.3. The first kappa shape index (κ1) is 23.7. The Kier molecular flexibility index (Phi) is 7.62. The van der Waals surface area contributed by atoms with Gasteiger partial charge >= 0.3 is 5.97 Å². The molecule has 3 rings (SSSR count). The number of ether oxygens (including phenoxy) is 1. The maximum absolute atomic E-state index is 12.3. The van der Waals surface area contributed by atoms with E-state index in [0.29, 0.717) is 10.6 Å². The van der Waals surface area contributed by atoms with Gasteiger partial charge in [0.05, 0.1) is 12.5 Å². The highest BCUT2D eigenvalue weighted by molar-refractivity contribution is 6.30. The van der Waals surface area contributed by atoms with Gasteiger partial charge in [-0.3, -0.25) is 45.3 Å². The number of carbonyl (C=O) groups is 5. The molecular formula is C22H21ClN4O6. The Labute approximate surface area is 194 Å². The van der Waals surface area contributed by atoms with E-state index in [1.165, 1.54) is 24.3 Å². The number of amides is 4. The lowest BCUT2D eigenvalue weighted by Crippen LogP contribution is -2.44. The van der Waals surface area contributed by atoms with Crippen LogP contribution in [-0.2, 0) is 19.1 Å². The van der Waals surface area contributed by atoms with Crippen molar-refractivity contribution in [1.82, 2.24) is 21.3 Å². The summed E-state index contributed by atoms with van der Waals surface area (Å²) in [7, 11) is 0. The van der Waals surface area contributed by atoms with Crippen LogP contribution in [0.5, 0.6) is 0 Å². The molecule has 0 spiro atoms.